The van der Waals surface area contributed by atoms with Crippen molar-refractivity contribution in [1.82, 2.24) is 0 Å². The molecule has 2 N–H and O–H groups in total. The summed E-state index contributed by atoms with van der Waals surface area (Å²) in [7, 11) is 0. The van der Waals surface area contributed by atoms with Gasteiger partial charge in [0.05, 0.1) is 0 Å². The van der Waals surface area contributed by atoms with Crippen molar-refractivity contribution in [3.8, 4) is 0 Å². The third-order valence-electron chi connectivity index (χ3n) is 2.74. The number of amides is 1. The Hall–Kier alpha value is -1.10. The molecule has 1 heterocycles. The van der Waals surface area contributed by atoms with Gasteiger partial charge in [-0.1, -0.05) is 0 Å². The van der Waals surface area contributed by atoms with Crippen LogP contribution < -0.4 is 5.73 Å². The molecule has 0 spiro atoms. The predicted molar refractivity (Wildman–Crippen MR) is 62.3 cm³/mol. The van der Waals surface area contributed by atoms with Gasteiger partial charge in [0.15, 0.2) is 0 Å². The van der Waals surface area contributed by atoms with E-state index in [0.717, 1.165) is 5.56 Å². The van der Waals surface area contributed by atoms with Crippen LogP contribution in [0, 0.1) is 5.82 Å². The molecule has 0 radical (unpaired) electrons. The van der Waals surface area contributed by atoms with Crippen molar-refractivity contribution >= 4 is 27.3 Å². The van der Waals surface area contributed by atoms with Crippen molar-refractivity contribution in [2.75, 3.05) is 0 Å². The van der Waals surface area contributed by atoms with Crippen molar-refractivity contribution in [3.05, 3.63) is 54.7 Å². The number of hydrogen-bond donors (Lipinski definition) is 1. The molecular formula is C12H10F2InNO. The van der Waals surface area contributed by atoms with Gasteiger partial charge in [-0.3, -0.25) is 0 Å². The standard InChI is InChI=1S/C7H6F.C5H4FNO.In/c1-6-3-2-4-7(8)5-6;6-4-2-1-3-5(7)8;/h2-5H,1H2;1-2H,(H2,7,8);. The van der Waals surface area contributed by atoms with Crippen LogP contribution in [0.15, 0.2) is 43.3 Å². The summed E-state index contributed by atoms with van der Waals surface area (Å²) in [6, 6.07) is 6.04. The second kappa shape index (κ2) is 5.04. The quantitative estimate of drug-likeness (QED) is 0.898. The molecular weight excluding hydrogens is 327 g/mol. The molecule has 2 nitrogen and oxygen atoms in total. The first-order chi connectivity index (χ1) is 8.08. The summed E-state index contributed by atoms with van der Waals surface area (Å²) < 4.78 is 27.3. The molecule has 1 aromatic rings. The molecule has 0 saturated carbocycles. The summed E-state index contributed by atoms with van der Waals surface area (Å²) in [6.07, 6.45) is 2.79. The summed E-state index contributed by atoms with van der Waals surface area (Å²) in [5, 5.41) is 0. The Morgan fingerprint density at radius 2 is 2.06 bits per heavy atom. The SMILES string of the molecule is NC(=O)[C]1=CC=[C](F)[In]1[CH2]c1cccc(F)c1. The molecule has 2 rings (SSSR count). The van der Waals surface area contributed by atoms with E-state index in [4.69, 9.17) is 5.73 Å². The maximum atomic E-state index is 13.6. The molecule has 0 saturated heterocycles. The van der Waals surface area contributed by atoms with Gasteiger partial charge < -0.3 is 0 Å². The number of hydrogen-bond acceptors (Lipinski definition) is 1. The molecule has 5 heteroatoms. The minimum absolute atomic E-state index is 0.204. The third kappa shape index (κ3) is 2.77. The normalized spacial score (nSPS) is 14.6. The summed E-state index contributed by atoms with van der Waals surface area (Å²) in [5.41, 5.74) is 5.93. The Kier molecular flexibility index (Phi) is 3.66. The van der Waals surface area contributed by atoms with E-state index in [9.17, 15) is 13.6 Å². The molecule has 0 bridgehead atoms. The zero-order chi connectivity index (χ0) is 12.4. The molecule has 1 aromatic carbocycles. The van der Waals surface area contributed by atoms with Gasteiger partial charge in [0.25, 0.3) is 0 Å². The van der Waals surface area contributed by atoms with E-state index in [-0.39, 0.29) is 9.40 Å². The van der Waals surface area contributed by atoms with Gasteiger partial charge in [0.1, 0.15) is 0 Å². The Labute approximate surface area is 105 Å². The average molecular weight is 337 g/mol. The Morgan fingerprint density at radius 3 is 2.71 bits per heavy atom. The van der Waals surface area contributed by atoms with Crippen LogP contribution in [0.5, 0.6) is 0 Å². The van der Waals surface area contributed by atoms with E-state index in [0.29, 0.717) is 7.51 Å². The number of primary amides is 1. The van der Waals surface area contributed by atoms with E-state index in [2.05, 4.69) is 0 Å². The summed E-state index contributed by atoms with van der Waals surface area (Å²) in [5.74, 6) is -0.896. The number of allylic oxidation sites excluding steroid dienone is 2. The fourth-order valence-corrected chi connectivity index (χ4v) is 8.87. The monoisotopic (exact) mass is 337 g/mol. The topological polar surface area (TPSA) is 43.1 Å². The molecule has 1 amide bonds. The van der Waals surface area contributed by atoms with E-state index in [1.807, 2.05) is 0 Å². The van der Waals surface area contributed by atoms with E-state index in [1.54, 1.807) is 12.1 Å². The molecule has 17 heavy (non-hydrogen) atoms. The minimum atomic E-state index is -2.95. The third-order valence-corrected chi connectivity index (χ3v) is 11.2. The fourth-order valence-electron chi connectivity index (χ4n) is 1.91. The number of halogens is 2. The molecule has 0 aliphatic carbocycles. The van der Waals surface area contributed by atoms with Crippen LogP contribution in [0.25, 0.3) is 0 Å². The number of carbonyl (C=O) groups excluding carboxylic acids is 1. The van der Waals surface area contributed by atoms with Gasteiger partial charge in [-0.15, -0.1) is 0 Å². The molecule has 0 atom stereocenters. The van der Waals surface area contributed by atoms with Crippen LogP contribution in [-0.4, -0.2) is 27.3 Å². The first-order valence-corrected chi connectivity index (χ1v) is 10.8. The predicted octanol–water partition coefficient (Wildman–Crippen LogP) is 1.76. The first-order valence-electron chi connectivity index (χ1n) is 5.19. The Balaban J connectivity index is 2.21. The number of rotatable bonds is 3. The van der Waals surface area contributed by atoms with E-state index in [1.165, 1.54) is 24.3 Å². The van der Waals surface area contributed by atoms with Crippen LogP contribution in [0.2, 0.25) is 0 Å². The number of nitrogens with two attached hydrogens (primary N) is 1. The molecule has 0 aromatic heterocycles. The van der Waals surface area contributed by atoms with Crippen LogP contribution in [0.1, 0.15) is 5.56 Å². The zero-order valence-corrected chi connectivity index (χ0v) is 12.3. The van der Waals surface area contributed by atoms with Crippen molar-refractivity contribution in [2.24, 2.45) is 5.73 Å². The number of carbonyl (C=O) groups is 1. The molecule has 86 valence electrons. The maximum absolute atomic E-state index is 13.6. The van der Waals surface area contributed by atoms with Gasteiger partial charge >= 0.3 is 106 Å². The van der Waals surface area contributed by atoms with Gasteiger partial charge in [0, 0.05) is 0 Å². The van der Waals surface area contributed by atoms with Gasteiger partial charge in [-0.2, -0.15) is 0 Å². The van der Waals surface area contributed by atoms with E-state index >= 15 is 0 Å². The van der Waals surface area contributed by atoms with Crippen molar-refractivity contribution in [1.29, 1.82) is 0 Å². The van der Waals surface area contributed by atoms with Crippen LogP contribution in [0.3, 0.4) is 0 Å². The summed E-state index contributed by atoms with van der Waals surface area (Å²) >= 11 is -2.95. The number of benzene rings is 1. The summed E-state index contributed by atoms with van der Waals surface area (Å²) in [4.78, 5) is 11.1. The van der Waals surface area contributed by atoms with Crippen molar-refractivity contribution < 1.29 is 13.6 Å². The molecule has 1 aliphatic rings. The zero-order valence-electron chi connectivity index (χ0n) is 8.99. The second-order valence-electron chi connectivity index (χ2n) is 3.92. The van der Waals surface area contributed by atoms with Crippen LogP contribution in [0.4, 0.5) is 8.78 Å². The van der Waals surface area contributed by atoms with Gasteiger partial charge in [-0.05, 0) is 0 Å². The fraction of sp³-hybridized carbons (Fsp3) is 0.0833. The Morgan fingerprint density at radius 1 is 1.29 bits per heavy atom. The van der Waals surface area contributed by atoms with E-state index < -0.39 is 27.3 Å². The van der Waals surface area contributed by atoms with Crippen molar-refractivity contribution in [2.45, 2.75) is 4.18 Å². The van der Waals surface area contributed by atoms with Crippen LogP contribution in [-0.2, 0) is 8.97 Å². The van der Waals surface area contributed by atoms with Gasteiger partial charge in [-0.25, -0.2) is 0 Å². The van der Waals surface area contributed by atoms with Crippen molar-refractivity contribution in [3.63, 3.8) is 0 Å². The van der Waals surface area contributed by atoms with Gasteiger partial charge in [0.2, 0.25) is 0 Å². The molecule has 1 aliphatic heterocycles. The summed E-state index contributed by atoms with van der Waals surface area (Å²) in [6.45, 7) is 0. The average Bonchev–Trinajstić information content (AvgIpc) is 2.61. The molecule has 0 fully saturated rings. The Bertz CT molecular complexity index is 525. The first kappa shape index (κ1) is 12.4. The molecule has 0 unspecified atom stereocenters. The van der Waals surface area contributed by atoms with Crippen LogP contribution >= 0.6 is 0 Å². The second-order valence-corrected chi connectivity index (χ2v) is 11.6.